The minimum atomic E-state index is -0.962. The largest absolute Gasteiger partial charge is 0.495 e. The smallest absolute Gasteiger partial charge is 0.266 e. The highest BCUT2D eigenvalue weighted by atomic mass is 35.5. The van der Waals surface area contributed by atoms with E-state index in [4.69, 9.17) is 21.1 Å². The van der Waals surface area contributed by atoms with E-state index in [-0.39, 0.29) is 13.0 Å². The van der Waals surface area contributed by atoms with E-state index in [2.05, 4.69) is 10.6 Å². The van der Waals surface area contributed by atoms with Gasteiger partial charge < -0.3 is 25.0 Å². The van der Waals surface area contributed by atoms with E-state index < -0.39 is 23.8 Å². The lowest BCUT2D eigenvalue weighted by Crippen LogP contribution is -2.43. The molecule has 0 radical (unpaired) electrons. The van der Waals surface area contributed by atoms with E-state index in [0.29, 0.717) is 27.9 Å². The summed E-state index contributed by atoms with van der Waals surface area (Å²) in [6, 6.07) is 11.8. The van der Waals surface area contributed by atoms with Gasteiger partial charge in [0.1, 0.15) is 11.5 Å². The number of nitrogens with zero attached hydrogens (tertiary/aromatic N) is 1. The van der Waals surface area contributed by atoms with Crippen molar-refractivity contribution in [2.75, 3.05) is 31.3 Å². The van der Waals surface area contributed by atoms with Gasteiger partial charge in [-0.3, -0.25) is 14.4 Å². The first-order valence-electron chi connectivity index (χ1n) is 8.81. The molecule has 0 spiro atoms. The minimum Gasteiger partial charge on any atom is -0.495 e. The molecule has 2 N–H and O–H groups in total. The fourth-order valence-electron chi connectivity index (χ4n) is 2.81. The standard InChI is InChI=1S/C20H20ClN3O5/c1-24(11-18(25)22-14-9-12(21)7-8-15(14)28-2)19(26)10-17-20(27)23-13-5-3-4-6-16(13)29-17/h3-9,17H,10-11H2,1-2H3,(H,22,25)(H,23,27)/t17-/m0/s1. The molecule has 2 aromatic carbocycles. The number of methoxy groups -OCH3 is 1. The number of carbonyl (C=O) groups is 3. The van der Waals surface area contributed by atoms with E-state index in [1.165, 1.54) is 19.1 Å². The number of hydrogen-bond acceptors (Lipinski definition) is 5. The van der Waals surface area contributed by atoms with Crippen LogP contribution in [0.1, 0.15) is 6.42 Å². The van der Waals surface area contributed by atoms with Gasteiger partial charge in [0.15, 0.2) is 6.10 Å². The SMILES string of the molecule is COc1ccc(Cl)cc1NC(=O)CN(C)C(=O)C[C@@H]1Oc2ccccc2NC1=O. The molecule has 0 bridgehead atoms. The Morgan fingerprint density at radius 1 is 1.28 bits per heavy atom. The quantitative estimate of drug-likeness (QED) is 0.752. The van der Waals surface area contributed by atoms with Crippen molar-refractivity contribution in [2.24, 2.45) is 0 Å². The predicted octanol–water partition coefficient (Wildman–Crippen LogP) is 2.54. The summed E-state index contributed by atoms with van der Waals surface area (Å²) >= 11 is 5.95. The van der Waals surface area contributed by atoms with Gasteiger partial charge >= 0.3 is 0 Å². The minimum absolute atomic E-state index is 0.190. The highest BCUT2D eigenvalue weighted by Gasteiger charge is 2.30. The Morgan fingerprint density at radius 2 is 2.03 bits per heavy atom. The molecule has 1 atom stereocenters. The molecule has 1 heterocycles. The zero-order chi connectivity index (χ0) is 21.0. The molecule has 3 amide bonds. The number of anilines is 2. The fraction of sp³-hybridized carbons (Fsp3) is 0.250. The van der Waals surface area contributed by atoms with Crippen molar-refractivity contribution in [2.45, 2.75) is 12.5 Å². The second-order valence-corrected chi connectivity index (χ2v) is 6.88. The van der Waals surface area contributed by atoms with E-state index >= 15 is 0 Å². The van der Waals surface area contributed by atoms with Crippen molar-refractivity contribution in [3.63, 3.8) is 0 Å². The highest BCUT2D eigenvalue weighted by Crippen LogP contribution is 2.30. The first kappa shape index (κ1) is 20.5. The van der Waals surface area contributed by atoms with Crippen LogP contribution in [0.2, 0.25) is 5.02 Å². The first-order valence-corrected chi connectivity index (χ1v) is 9.19. The molecular formula is C20H20ClN3O5. The van der Waals surface area contributed by atoms with Gasteiger partial charge in [-0.2, -0.15) is 0 Å². The molecule has 3 rings (SSSR count). The first-order chi connectivity index (χ1) is 13.9. The van der Waals surface area contributed by atoms with E-state index in [1.807, 2.05) is 0 Å². The molecule has 0 saturated heterocycles. The number of para-hydroxylation sites is 2. The Morgan fingerprint density at radius 3 is 2.79 bits per heavy atom. The van der Waals surface area contributed by atoms with Crippen LogP contribution in [0.4, 0.5) is 11.4 Å². The molecule has 0 unspecified atom stereocenters. The summed E-state index contributed by atoms with van der Waals surface area (Å²) in [5, 5.41) is 5.80. The zero-order valence-corrected chi connectivity index (χ0v) is 16.7. The number of nitrogens with one attached hydrogen (secondary N) is 2. The Kier molecular flexibility index (Phi) is 6.23. The van der Waals surface area contributed by atoms with Crippen molar-refractivity contribution < 1.29 is 23.9 Å². The number of likely N-dealkylation sites (N-methyl/N-ethyl adjacent to an activating group) is 1. The van der Waals surface area contributed by atoms with Gasteiger partial charge in [-0.1, -0.05) is 23.7 Å². The molecule has 8 nitrogen and oxygen atoms in total. The van der Waals surface area contributed by atoms with Crippen molar-refractivity contribution in [1.29, 1.82) is 0 Å². The monoisotopic (exact) mass is 417 g/mol. The second-order valence-electron chi connectivity index (χ2n) is 6.44. The number of hydrogen-bond donors (Lipinski definition) is 2. The Hall–Kier alpha value is -3.26. The summed E-state index contributed by atoms with van der Waals surface area (Å²) in [4.78, 5) is 38.2. The number of halogens is 1. The molecule has 29 heavy (non-hydrogen) atoms. The van der Waals surface area contributed by atoms with Crippen molar-refractivity contribution in [1.82, 2.24) is 4.90 Å². The van der Waals surface area contributed by atoms with Gasteiger partial charge in [0, 0.05) is 12.1 Å². The Balaban J connectivity index is 1.57. The number of amides is 3. The van der Waals surface area contributed by atoms with Gasteiger partial charge in [-0.05, 0) is 30.3 Å². The van der Waals surface area contributed by atoms with Crippen LogP contribution in [0, 0.1) is 0 Å². The van der Waals surface area contributed by atoms with E-state index in [1.54, 1.807) is 42.5 Å². The van der Waals surface area contributed by atoms with Crippen molar-refractivity contribution >= 4 is 40.7 Å². The van der Waals surface area contributed by atoms with Gasteiger partial charge in [-0.15, -0.1) is 0 Å². The van der Waals surface area contributed by atoms with Gasteiger partial charge in [0.2, 0.25) is 11.8 Å². The van der Waals surface area contributed by atoms with Crippen molar-refractivity contribution in [3.05, 3.63) is 47.5 Å². The summed E-state index contributed by atoms with van der Waals surface area (Å²) in [5.74, 6) is -0.293. The van der Waals surface area contributed by atoms with Gasteiger partial charge in [0.05, 0.1) is 31.5 Å². The second kappa shape index (κ2) is 8.83. The molecule has 0 saturated carbocycles. The molecule has 152 valence electrons. The summed E-state index contributed by atoms with van der Waals surface area (Å²) in [5.41, 5.74) is 0.960. The normalized spacial score (nSPS) is 14.9. The average Bonchev–Trinajstić information content (AvgIpc) is 2.68. The lowest BCUT2D eigenvalue weighted by atomic mass is 10.1. The van der Waals surface area contributed by atoms with Crippen LogP contribution in [-0.2, 0) is 14.4 Å². The molecule has 0 aromatic heterocycles. The van der Waals surface area contributed by atoms with Crippen LogP contribution in [-0.4, -0.2) is 49.4 Å². The Labute approximate surface area is 172 Å². The molecule has 0 fully saturated rings. The molecule has 9 heteroatoms. The maximum Gasteiger partial charge on any atom is 0.266 e. The molecule has 1 aliphatic rings. The zero-order valence-electron chi connectivity index (χ0n) is 15.9. The third-order valence-corrected chi connectivity index (χ3v) is 4.54. The molecule has 0 aliphatic carbocycles. The molecular weight excluding hydrogens is 398 g/mol. The van der Waals surface area contributed by atoms with E-state index in [9.17, 15) is 14.4 Å². The topological polar surface area (TPSA) is 97.0 Å². The van der Waals surface area contributed by atoms with Crippen molar-refractivity contribution in [3.8, 4) is 11.5 Å². The summed E-state index contributed by atoms with van der Waals surface area (Å²) in [7, 11) is 2.95. The summed E-state index contributed by atoms with van der Waals surface area (Å²) in [6.45, 7) is -0.209. The molecule has 1 aliphatic heterocycles. The third-order valence-electron chi connectivity index (χ3n) is 4.31. The van der Waals surface area contributed by atoms with Gasteiger partial charge in [0.25, 0.3) is 5.91 Å². The van der Waals surface area contributed by atoms with E-state index in [0.717, 1.165) is 0 Å². The highest BCUT2D eigenvalue weighted by molar-refractivity contribution is 6.31. The number of benzene rings is 2. The predicted molar refractivity (Wildman–Crippen MR) is 108 cm³/mol. The summed E-state index contributed by atoms with van der Waals surface area (Å²) < 4.78 is 10.8. The van der Waals surface area contributed by atoms with Crippen LogP contribution < -0.4 is 20.1 Å². The number of fused-ring (bicyclic) bond motifs is 1. The lowest BCUT2D eigenvalue weighted by molar-refractivity contribution is -0.137. The maximum atomic E-state index is 12.5. The number of rotatable bonds is 6. The van der Waals surface area contributed by atoms with Crippen LogP contribution in [0.15, 0.2) is 42.5 Å². The van der Waals surface area contributed by atoms with Gasteiger partial charge in [-0.25, -0.2) is 0 Å². The van der Waals surface area contributed by atoms with Crippen LogP contribution in [0.3, 0.4) is 0 Å². The fourth-order valence-corrected chi connectivity index (χ4v) is 2.98. The number of ether oxygens (including phenoxy) is 2. The number of carbonyl (C=O) groups excluding carboxylic acids is 3. The summed E-state index contributed by atoms with van der Waals surface area (Å²) in [6.07, 6.45) is -1.15. The van der Waals surface area contributed by atoms with Crippen LogP contribution in [0.5, 0.6) is 11.5 Å². The molecule has 2 aromatic rings. The van der Waals surface area contributed by atoms with Crippen LogP contribution >= 0.6 is 11.6 Å². The Bertz CT molecular complexity index is 949. The van der Waals surface area contributed by atoms with Crippen LogP contribution in [0.25, 0.3) is 0 Å². The third kappa shape index (κ3) is 4.97. The average molecular weight is 418 g/mol. The maximum absolute atomic E-state index is 12.5. The lowest BCUT2D eigenvalue weighted by Gasteiger charge is -2.26.